The Kier molecular flexibility index (Phi) is 5.33. The van der Waals surface area contributed by atoms with Crippen molar-refractivity contribution in [2.45, 2.75) is 30.7 Å². The van der Waals surface area contributed by atoms with Crippen LogP contribution in [-0.2, 0) is 10.3 Å². The third kappa shape index (κ3) is 4.12. The molecule has 3 N–H and O–H groups in total. The van der Waals surface area contributed by atoms with Gasteiger partial charge in [-0.15, -0.1) is 0 Å². The van der Waals surface area contributed by atoms with Crippen LogP contribution in [-0.4, -0.2) is 41.4 Å². The molecule has 1 aliphatic heterocycles. The molecule has 0 unspecified atom stereocenters. The van der Waals surface area contributed by atoms with E-state index in [1.165, 1.54) is 6.07 Å². The van der Waals surface area contributed by atoms with Crippen LogP contribution in [0.15, 0.2) is 60.7 Å². The maximum absolute atomic E-state index is 13.2. The molecule has 0 radical (unpaired) electrons. The topological polar surface area (TPSA) is 88.7 Å². The molecule has 6 nitrogen and oxygen atoms in total. The summed E-state index contributed by atoms with van der Waals surface area (Å²) in [6, 6.07) is 18.1. The molecule has 1 fully saturated rings. The zero-order chi connectivity index (χ0) is 24.1. The lowest BCUT2D eigenvalue weighted by atomic mass is 9.70. The number of hydrogen-bond acceptors (Lipinski definition) is 5. The number of aliphatic hydroxyl groups is 1. The molecule has 1 aliphatic carbocycles. The van der Waals surface area contributed by atoms with Crippen molar-refractivity contribution < 1.29 is 27.8 Å². The van der Waals surface area contributed by atoms with Gasteiger partial charge in [-0.2, -0.15) is 13.2 Å². The van der Waals surface area contributed by atoms with Gasteiger partial charge < -0.3 is 15.6 Å². The van der Waals surface area contributed by atoms with Crippen LogP contribution < -0.4 is 15.4 Å². The summed E-state index contributed by atoms with van der Waals surface area (Å²) in [5, 5.41) is 9.66. The Morgan fingerprint density at radius 2 is 1.76 bits per heavy atom. The van der Waals surface area contributed by atoms with Gasteiger partial charge in [0.15, 0.2) is 6.61 Å². The van der Waals surface area contributed by atoms with E-state index in [0.717, 1.165) is 16.7 Å². The quantitative estimate of drug-likeness (QED) is 0.603. The minimum Gasteiger partial charge on any atom is -0.466 e. The van der Waals surface area contributed by atoms with Crippen molar-refractivity contribution in [1.29, 1.82) is 0 Å². The highest BCUT2D eigenvalue weighted by Crippen LogP contribution is 2.43. The van der Waals surface area contributed by atoms with E-state index < -0.39 is 36.9 Å². The predicted molar refractivity (Wildman–Crippen MR) is 120 cm³/mol. The second-order valence-electron chi connectivity index (χ2n) is 8.75. The highest BCUT2D eigenvalue weighted by Gasteiger charge is 2.41. The Morgan fingerprint density at radius 1 is 1.09 bits per heavy atom. The molecule has 2 aromatic carbocycles. The number of rotatable bonds is 4. The Labute approximate surface area is 193 Å². The lowest BCUT2D eigenvalue weighted by Crippen LogP contribution is -2.51. The van der Waals surface area contributed by atoms with E-state index in [1.807, 2.05) is 54.6 Å². The number of carbonyl (C=O) groups excluding carboxylic acids is 1. The highest BCUT2D eigenvalue weighted by atomic mass is 19.4. The summed E-state index contributed by atoms with van der Waals surface area (Å²) in [7, 11) is 0. The van der Waals surface area contributed by atoms with Crippen LogP contribution in [0.4, 0.5) is 18.9 Å². The Bertz CT molecular complexity index is 1220. The summed E-state index contributed by atoms with van der Waals surface area (Å²) < 4.78 is 45.0. The lowest BCUT2D eigenvalue weighted by Gasteiger charge is -2.42. The van der Waals surface area contributed by atoms with Gasteiger partial charge in [0.2, 0.25) is 5.88 Å². The number of carbonyl (C=O) groups is 1. The predicted octanol–water partition coefficient (Wildman–Crippen LogP) is 4.01. The number of hydrogen-bond donors (Lipinski definition) is 2. The number of ether oxygens (including phenoxy) is 1. The fraction of sp³-hybridized carbons (Fsp3) is 0.280. The third-order valence-electron chi connectivity index (χ3n) is 6.25. The molecule has 2 aliphatic rings. The average molecular weight is 469 g/mol. The van der Waals surface area contributed by atoms with E-state index >= 15 is 0 Å². The van der Waals surface area contributed by atoms with Crippen LogP contribution in [0.3, 0.4) is 0 Å². The minimum atomic E-state index is -4.57. The Hall–Kier alpha value is -3.43. The van der Waals surface area contributed by atoms with Crippen LogP contribution >= 0.6 is 0 Å². The molecule has 1 aromatic heterocycles. The minimum absolute atomic E-state index is 0.0165. The van der Waals surface area contributed by atoms with Crippen molar-refractivity contribution in [2.24, 2.45) is 5.73 Å². The molecule has 34 heavy (non-hydrogen) atoms. The van der Waals surface area contributed by atoms with Crippen molar-refractivity contribution in [2.75, 3.05) is 18.1 Å². The first kappa shape index (κ1) is 22.4. The van der Waals surface area contributed by atoms with Crippen molar-refractivity contribution in [3.05, 3.63) is 66.2 Å². The molecule has 1 saturated carbocycles. The molecule has 5 rings (SSSR count). The van der Waals surface area contributed by atoms with E-state index in [4.69, 9.17) is 10.5 Å². The van der Waals surface area contributed by atoms with E-state index in [2.05, 4.69) is 4.98 Å². The maximum Gasteiger partial charge on any atom is 0.406 e. The number of halogens is 3. The van der Waals surface area contributed by atoms with Gasteiger partial charge in [-0.25, -0.2) is 4.98 Å². The van der Waals surface area contributed by atoms with Crippen molar-refractivity contribution in [1.82, 2.24) is 4.98 Å². The molecule has 176 valence electrons. The van der Waals surface area contributed by atoms with Crippen LogP contribution in [0.5, 0.6) is 5.88 Å². The number of aromatic nitrogens is 1. The summed E-state index contributed by atoms with van der Waals surface area (Å²) >= 11 is 0. The largest absolute Gasteiger partial charge is 0.466 e. The van der Waals surface area contributed by atoms with Gasteiger partial charge in [0.1, 0.15) is 12.2 Å². The number of fused-ring (bicyclic) bond motifs is 1. The molecule has 0 saturated heterocycles. The fourth-order valence-corrected chi connectivity index (χ4v) is 4.52. The molecule has 1 amide bonds. The molecule has 0 atom stereocenters. The van der Waals surface area contributed by atoms with Gasteiger partial charge in [-0.05, 0) is 30.0 Å². The smallest absolute Gasteiger partial charge is 0.406 e. The Morgan fingerprint density at radius 3 is 2.38 bits per heavy atom. The number of benzene rings is 2. The van der Waals surface area contributed by atoms with Gasteiger partial charge in [-0.3, -0.25) is 9.69 Å². The maximum atomic E-state index is 13.2. The second-order valence-corrected chi connectivity index (χ2v) is 8.75. The number of alkyl halides is 3. The SMILES string of the molecule is N[C@]1(c2ccc(-c3nc4c(cc3-c3ccccc3)N(CC(F)(F)F)C(=O)CO4)cc2)C[C@@H](O)C1. The van der Waals surface area contributed by atoms with Gasteiger partial charge in [0.25, 0.3) is 5.91 Å². The summed E-state index contributed by atoms with van der Waals surface area (Å²) in [4.78, 5) is 17.5. The van der Waals surface area contributed by atoms with Crippen LogP contribution in [0.25, 0.3) is 22.4 Å². The van der Waals surface area contributed by atoms with E-state index in [9.17, 15) is 23.1 Å². The monoisotopic (exact) mass is 469 g/mol. The van der Waals surface area contributed by atoms with E-state index in [-0.39, 0.29) is 11.6 Å². The summed E-state index contributed by atoms with van der Waals surface area (Å²) in [6.45, 7) is -1.94. The number of nitrogens with zero attached hydrogens (tertiary/aromatic N) is 2. The molecule has 2 heterocycles. The third-order valence-corrected chi connectivity index (χ3v) is 6.25. The van der Waals surface area contributed by atoms with Crippen molar-refractivity contribution >= 4 is 11.6 Å². The van der Waals surface area contributed by atoms with Gasteiger partial charge in [0.05, 0.1) is 11.8 Å². The molecule has 0 spiro atoms. The molecular formula is C25H22F3N3O3. The number of amides is 1. The second kappa shape index (κ2) is 8.11. The first-order valence-corrected chi connectivity index (χ1v) is 10.8. The number of anilines is 1. The first-order valence-electron chi connectivity index (χ1n) is 10.8. The fourth-order valence-electron chi connectivity index (χ4n) is 4.52. The van der Waals surface area contributed by atoms with Crippen molar-refractivity contribution in [3.8, 4) is 28.3 Å². The zero-order valence-electron chi connectivity index (χ0n) is 18.0. The van der Waals surface area contributed by atoms with Gasteiger partial charge in [0, 0.05) is 16.7 Å². The zero-order valence-corrected chi connectivity index (χ0v) is 18.0. The summed E-state index contributed by atoms with van der Waals surface area (Å²) in [6.07, 6.45) is -4.01. The normalized spacial score (nSPS) is 22.1. The average Bonchev–Trinajstić information content (AvgIpc) is 2.79. The summed E-state index contributed by atoms with van der Waals surface area (Å²) in [5.74, 6) is -0.807. The lowest BCUT2D eigenvalue weighted by molar-refractivity contribution is -0.134. The first-order chi connectivity index (χ1) is 16.1. The van der Waals surface area contributed by atoms with Crippen LogP contribution in [0, 0.1) is 0 Å². The molecule has 0 bridgehead atoms. The number of pyridine rings is 1. The molecule has 9 heteroatoms. The highest BCUT2D eigenvalue weighted by molar-refractivity contribution is 5.99. The van der Waals surface area contributed by atoms with Crippen molar-refractivity contribution in [3.63, 3.8) is 0 Å². The molecular weight excluding hydrogens is 447 g/mol. The van der Waals surface area contributed by atoms with Crippen LogP contribution in [0.1, 0.15) is 18.4 Å². The van der Waals surface area contributed by atoms with Gasteiger partial charge >= 0.3 is 6.18 Å². The van der Waals surface area contributed by atoms with Gasteiger partial charge in [-0.1, -0.05) is 54.6 Å². The van der Waals surface area contributed by atoms with E-state index in [1.54, 1.807) is 0 Å². The van der Waals surface area contributed by atoms with E-state index in [0.29, 0.717) is 29.0 Å². The standard InChI is InChI=1S/C25H22F3N3O3/c26-25(27,28)14-31-20-10-19(15-4-2-1-3-5-15)22(30-23(20)34-13-21(31)33)16-6-8-17(9-7-16)24(29)11-18(32)12-24/h1-10,18,32H,11-14,29H2/t18-,24-. The van der Waals surface area contributed by atoms with Crippen LogP contribution in [0.2, 0.25) is 0 Å². The number of nitrogens with two attached hydrogens (primary N) is 1. The number of aliphatic hydroxyl groups excluding tert-OH is 1. The molecule has 3 aromatic rings. The summed E-state index contributed by atoms with van der Waals surface area (Å²) in [5.41, 5.74) is 9.20. The Balaban J connectivity index is 1.61.